The highest BCUT2D eigenvalue weighted by Gasteiger charge is 2.55. The minimum Gasteiger partial charge on any atom is -0.430 e. The van der Waals surface area contributed by atoms with Crippen LogP contribution in [0.4, 0.5) is 17.2 Å². The second kappa shape index (κ2) is 8.14. The lowest BCUT2D eigenvalue weighted by Crippen LogP contribution is -2.52. The number of anilines is 1. The molecule has 2 aliphatic rings. The van der Waals surface area contributed by atoms with Gasteiger partial charge in [0.25, 0.3) is 0 Å². The highest BCUT2D eigenvalue weighted by atomic mass is 32.2. The first-order valence-electron chi connectivity index (χ1n) is 11.5. The molecule has 2 fully saturated rings. The standard InChI is InChI=1S/C26H24N5O3S/c27-25-23-16-18(6-13-24(23)28-17-29-25)30-26-31(14-15-34-26,19-7-8-19)20-9-11-22(12-10-20)35(32,33)21-4-2-1-3-5-21/h1-6,9-13,16-17,19H,7-8,14-15H2,(H2,27,28,29)/q+1. The topological polar surface area (TPSA) is 108 Å². The third-order valence-electron chi connectivity index (χ3n) is 6.72. The molecule has 1 atom stereocenters. The van der Waals surface area contributed by atoms with Crippen molar-refractivity contribution in [1.82, 2.24) is 14.5 Å². The number of aliphatic imine (C=N–C) groups is 1. The first kappa shape index (κ1) is 21.7. The molecule has 9 heteroatoms. The Kier molecular flexibility index (Phi) is 5.05. The van der Waals surface area contributed by atoms with E-state index in [-0.39, 0.29) is 9.79 Å². The largest absolute Gasteiger partial charge is 0.430 e. The van der Waals surface area contributed by atoms with E-state index in [2.05, 4.69) is 9.97 Å². The fourth-order valence-corrected chi connectivity index (χ4v) is 6.07. The number of fused-ring (bicyclic) bond motifs is 1. The lowest BCUT2D eigenvalue weighted by Gasteiger charge is -2.30. The molecule has 0 radical (unpaired) electrons. The Labute approximate surface area is 203 Å². The van der Waals surface area contributed by atoms with Crippen molar-refractivity contribution in [2.24, 2.45) is 4.99 Å². The summed E-state index contributed by atoms with van der Waals surface area (Å²) < 4.78 is 32.7. The van der Waals surface area contributed by atoms with Gasteiger partial charge in [0.15, 0.2) is 0 Å². The molecular formula is C26H24N5O3S+. The van der Waals surface area contributed by atoms with E-state index in [1.165, 1.54) is 6.33 Å². The summed E-state index contributed by atoms with van der Waals surface area (Å²) in [6.07, 6.45) is 3.57. The van der Waals surface area contributed by atoms with Gasteiger partial charge in [-0.15, -0.1) is 0 Å². The first-order valence-corrected chi connectivity index (χ1v) is 13.0. The van der Waals surface area contributed by atoms with E-state index in [1.54, 1.807) is 42.5 Å². The molecule has 4 aromatic rings. The molecule has 2 heterocycles. The molecule has 3 aromatic carbocycles. The Bertz CT molecular complexity index is 1550. The van der Waals surface area contributed by atoms with Crippen LogP contribution in [0, 0.1) is 0 Å². The Morgan fingerprint density at radius 3 is 2.43 bits per heavy atom. The number of nitrogen functional groups attached to an aromatic ring is 1. The van der Waals surface area contributed by atoms with Gasteiger partial charge in [-0.05, 0) is 42.5 Å². The maximum atomic E-state index is 13.1. The maximum Gasteiger partial charge on any atom is 0.405 e. The van der Waals surface area contributed by atoms with Crippen LogP contribution in [0.2, 0.25) is 0 Å². The van der Waals surface area contributed by atoms with Crippen LogP contribution in [0.3, 0.4) is 0 Å². The van der Waals surface area contributed by atoms with Crippen molar-refractivity contribution in [2.45, 2.75) is 28.7 Å². The highest BCUT2D eigenvalue weighted by Crippen LogP contribution is 2.43. The fraction of sp³-hybridized carbons (Fsp3) is 0.192. The molecule has 1 saturated carbocycles. The highest BCUT2D eigenvalue weighted by molar-refractivity contribution is 7.91. The third kappa shape index (κ3) is 3.64. The van der Waals surface area contributed by atoms with Crippen LogP contribution in [0.1, 0.15) is 12.8 Å². The SMILES string of the molecule is Nc1ncnc2ccc(N=C3OCC[N+]3(c3ccc(S(=O)(=O)c4ccccc4)cc3)C3CC3)cc12. The number of nitrogens with two attached hydrogens (primary N) is 1. The van der Waals surface area contributed by atoms with Gasteiger partial charge < -0.3 is 10.5 Å². The lowest BCUT2D eigenvalue weighted by molar-refractivity contribution is 0.351. The van der Waals surface area contributed by atoms with Crippen LogP contribution in [0.25, 0.3) is 10.9 Å². The maximum absolute atomic E-state index is 13.1. The van der Waals surface area contributed by atoms with Gasteiger partial charge in [-0.2, -0.15) is 4.99 Å². The van der Waals surface area contributed by atoms with Crippen LogP contribution in [0.5, 0.6) is 0 Å². The minimum absolute atomic E-state index is 0.269. The summed E-state index contributed by atoms with van der Waals surface area (Å²) in [5.41, 5.74) is 8.48. The molecule has 1 saturated heterocycles. The monoisotopic (exact) mass is 486 g/mol. The summed E-state index contributed by atoms with van der Waals surface area (Å²) in [5, 5.41) is 0.743. The van der Waals surface area contributed by atoms with Crippen LogP contribution in [0.15, 0.2) is 93.9 Å². The summed E-state index contributed by atoms with van der Waals surface area (Å²) in [5.74, 6) is 0.405. The molecule has 6 rings (SSSR count). The van der Waals surface area contributed by atoms with Crippen LogP contribution in [-0.2, 0) is 14.6 Å². The number of quaternary nitrogens is 1. The third-order valence-corrected chi connectivity index (χ3v) is 8.51. The number of rotatable bonds is 5. The number of aromatic nitrogens is 2. The van der Waals surface area contributed by atoms with Crippen LogP contribution >= 0.6 is 0 Å². The molecule has 2 N–H and O–H groups in total. The van der Waals surface area contributed by atoms with Gasteiger partial charge in [0.2, 0.25) is 9.84 Å². The predicted molar refractivity (Wildman–Crippen MR) is 135 cm³/mol. The summed E-state index contributed by atoms with van der Waals surface area (Å²) in [7, 11) is -3.58. The molecule has 0 bridgehead atoms. The summed E-state index contributed by atoms with van der Waals surface area (Å²) in [6, 6.07) is 22.2. The van der Waals surface area contributed by atoms with Crippen molar-refractivity contribution in [1.29, 1.82) is 0 Å². The Morgan fingerprint density at radius 1 is 0.943 bits per heavy atom. The van der Waals surface area contributed by atoms with Gasteiger partial charge in [-0.3, -0.25) is 0 Å². The number of hydrogen-bond acceptors (Lipinski definition) is 7. The van der Waals surface area contributed by atoms with Gasteiger partial charge >= 0.3 is 6.02 Å². The minimum atomic E-state index is -3.58. The Balaban J connectivity index is 1.40. The van der Waals surface area contributed by atoms with E-state index in [4.69, 9.17) is 15.5 Å². The second-order valence-corrected chi connectivity index (χ2v) is 10.8. The van der Waals surface area contributed by atoms with E-state index in [0.29, 0.717) is 34.7 Å². The van der Waals surface area contributed by atoms with Crippen LogP contribution in [-0.4, -0.2) is 43.6 Å². The number of ether oxygens (including phenoxy) is 1. The normalized spacial score (nSPS) is 21.3. The van der Waals surface area contributed by atoms with Crippen molar-refractivity contribution in [3.8, 4) is 0 Å². The molecule has 8 nitrogen and oxygen atoms in total. The van der Waals surface area contributed by atoms with Gasteiger partial charge in [-0.25, -0.2) is 22.9 Å². The molecule has 0 amide bonds. The predicted octanol–water partition coefficient (Wildman–Crippen LogP) is 4.23. The number of benzene rings is 3. The van der Waals surface area contributed by atoms with Gasteiger partial charge in [0, 0.05) is 30.4 Å². The number of hydrogen-bond donors (Lipinski definition) is 1. The molecule has 35 heavy (non-hydrogen) atoms. The fourth-order valence-electron chi connectivity index (χ4n) is 4.79. The zero-order valence-electron chi connectivity index (χ0n) is 18.9. The quantitative estimate of drug-likeness (QED) is 0.423. The van der Waals surface area contributed by atoms with Gasteiger partial charge in [0.1, 0.15) is 37.0 Å². The molecule has 0 spiro atoms. The van der Waals surface area contributed by atoms with E-state index in [1.807, 2.05) is 30.3 Å². The number of sulfone groups is 1. The Morgan fingerprint density at radius 2 is 1.69 bits per heavy atom. The van der Waals surface area contributed by atoms with Gasteiger partial charge in [-0.1, -0.05) is 18.2 Å². The average molecular weight is 487 g/mol. The van der Waals surface area contributed by atoms with E-state index < -0.39 is 9.84 Å². The molecule has 1 unspecified atom stereocenters. The van der Waals surface area contributed by atoms with Gasteiger partial charge in [0.05, 0.1) is 21.0 Å². The summed E-state index contributed by atoms with van der Waals surface area (Å²) in [6.45, 7) is 1.28. The average Bonchev–Trinajstić information content (AvgIpc) is 3.66. The molecule has 176 valence electrons. The Hall–Kier alpha value is -3.82. The lowest BCUT2D eigenvalue weighted by atomic mass is 10.2. The van der Waals surface area contributed by atoms with Crippen molar-refractivity contribution >= 4 is 44.0 Å². The molecule has 1 aliphatic heterocycles. The van der Waals surface area contributed by atoms with Crippen molar-refractivity contribution in [3.63, 3.8) is 0 Å². The zero-order valence-corrected chi connectivity index (χ0v) is 19.7. The van der Waals surface area contributed by atoms with Crippen molar-refractivity contribution < 1.29 is 13.2 Å². The molecule has 1 aliphatic carbocycles. The smallest absolute Gasteiger partial charge is 0.405 e. The van der Waals surface area contributed by atoms with Crippen LogP contribution < -0.4 is 10.2 Å². The van der Waals surface area contributed by atoms with E-state index >= 15 is 0 Å². The van der Waals surface area contributed by atoms with Crippen molar-refractivity contribution in [3.05, 3.63) is 79.1 Å². The first-order chi connectivity index (χ1) is 17.0. The van der Waals surface area contributed by atoms with Crippen molar-refractivity contribution in [2.75, 3.05) is 18.9 Å². The number of nitrogens with zero attached hydrogens (tertiary/aromatic N) is 4. The number of amidine groups is 1. The summed E-state index contributed by atoms with van der Waals surface area (Å²) >= 11 is 0. The van der Waals surface area contributed by atoms with E-state index in [9.17, 15) is 8.42 Å². The second-order valence-electron chi connectivity index (χ2n) is 8.84. The van der Waals surface area contributed by atoms with E-state index in [0.717, 1.165) is 36.0 Å². The molecule has 1 aromatic heterocycles. The summed E-state index contributed by atoms with van der Waals surface area (Å²) in [4.78, 5) is 13.8. The molecular weight excluding hydrogens is 462 g/mol. The zero-order chi connectivity index (χ0) is 24.0.